The van der Waals surface area contributed by atoms with Gasteiger partial charge in [-0.25, -0.2) is 4.98 Å². The Morgan fingerprint density at radius 2 is 2.04 bits per heavy atom. The fourth-order valence-corrected chi connectivity index (χ4v) is 3.73. The fraction of sp³-hybridized carbons (Fsp3) is 0.526. The van der Waals surface area contributed by atoms with Crippen molar-refractivity contribution in [2.75, 3.05) is 0 Å². The van der Waals surface area contributed by atoms with Gasteiger partial charge in [0, 0.05) is 37.4 Å². The average molecular weight is 340 g/mol. The number of imidazole rings is 1. The minimum Gasteiger partial charge on any atom is -0.393 e. The van der Waals surface area contributed by atoms with E-state index in [9.17, 15) is 9.90 Å². The number of hydrogen-bond donors (Lipinski definition) is 2. The molecule has 0 radical (unpaired) electrons. The third-order valence-corrected chi connectivity index (χ3v) is 5.62. The molecule has 6 nitrogen and oxygen atoms in total. The zero-order valence-corrected chi connectivity index (χ0v) is 14.2. The molecule has 2 aromatic heterocycles. The van der Waals surface area contributed by atoms with E-state index in [2.05, 4.69) is 15.3 Å². The van der Waals surface area contributed by atoms with Crippen molar-refractivity contribution in [1.82, 2.24) is 19.9 Å². The maximum atomic E-state index is 13.0. The summed E-state index contributed by atoms with van der Waals surface area (Å²) in [6, 6.07) is 4.05. The SMILES string of the molecule is O=C(N[C@@H](Cc1ccncc1)C1CC(O)C1)C1(Cn2ccnc2)CC1. The van der Waals surface area contributed by atoms with Crippen LogP contribution >= 0.6 is 0 Å². The van der Waals surface area contributed by atoms with E-state index < -0.39 is 0 Å². The lowest BCUT2D eigenvalue weighted by atomic mass is 9.75. The van der Waals surface area contributed by atoms with Crippen LogP contribution in [0.4, 0.5) is 0 Å². The van der Waals surface area contributed by atoms with Crippen molar-refractivity contribution in [2.45, 2.75) is 50.8 Å². The van der Waals surface area contributed by atoms with E-state index in [1.54, 1.807) is 24.9 Å². The van der Waals surface area contributed by atoms with E-state index in [4.69, 9.17) is 0 Å². The molecule has 2 fully saturated rings. The van der Waals surface area contributed by atoms with Gasteiger partial charge < -0.3 is 15.0 Å². The molecule has 0 spiro atoms. The summed E-state index contributed by atoms with van der Waals surface area (Å²) in [6.07, 6.45) is 12.9. The maximum Gasteiger partial charge on any atom is 0.228 e. The highest BCUT2D eigenvalue weighted by Gasteiger charge is 2.51. The van der Waals surface area contributed by atoms with Gasteiger partial charge in [-0.2, -0.15) is 0 Å². The number of pyridine rings is 1. The molecule has 0 aliphatic heterocycles. The first-order valence-corrected chi connectivity index (χ1v) is 8.98. The lowest BCUT2D eigenvalue weighted by Gasteiger charge is -2.38. The topological polar surface area (TPSA) is 80.0 Å². The van der Waals surface area contributed by atoms with Crippen molar-refractivity contribution < 1.29 is 9.90 Å². The molecule has 0 saturated heterocycles. The van der Waals surface area contributed by atoms with Crippen LogP contribution in [0, 0.1) is 11.3 Å². The van der Waals surface area contributed by atoms with Gasteiger partial charge in [0.25, 0.3) is 0 Å². The number of rotatable bonds is 7. The van der Waals surface area contributed by atoms with Gasteiger partial charge in [-0.05, 0) is 55.7 Å². The van der Waals surface area contributed by atoms with E-state index >= 15 is 0 Å². The number of aliphatic hydroxyl groups is 1. The maximum absolute atomic E-state index is 13.0. The third-order valence-electron chi connectivity index (χ3n) is 5.62. The molecular weight excluding hydrogens is 316 g/mol. The van der Waals surface area contributed by atoms with Crippen LogP contribution in [0.3, 0.4) is 0 Å². The molecule has 2 aliphatic carbocycles. The summed E-state index contributed by atoms with van der Waals surface area (Å²) in [5.41, 5.74) is 0.876. The molecule has 1 atom stereocenters. The second-order valence-corrected chi connectivity index (χ2v) is 7.54. The van der Waals surface area contributed by atoms with Gasteiger partial charge in [0.1, 0.15) is 0 Å². The Labute approximate surface area is 147 Å². The number of nitrogens with one attached hydrogen (secondary N) is 1. The Balaban J connectivity index is 1.43. The minimum absolute atomic E-state index is 0.0681. The summed E-state index contributed by atoms with van der Waals surface area (Å²) in [4.78, 5) is 21.1. The molecule has 6 heteroatoms. The number of aliphatic hydroxyl groups excluding tert-OH is 1. The van der Waals surface area contributed by atoms with Crippen molar-refractivity contribution in [3.8, 4) is 0 Å². The van der Waals surface area contributed by atoms with Gasteiger partial charge >= 0.3 is 0 Å². The molecule has 4 rings (SSSR count). The van der Waals surface area contributed by atoms with E-state index in [1.807, 2.05) is 22.9 Å². The lowest BCUT2D eigenvalue weighted by molar-refractivity contribution is -0.128. The molecule has 25 heavy (non-hydrogen) atoms. The van der Waals surface area contributed by atoms with Crippen LogP contribution in [0.5, 0.6) is 0 Å². The van der Waals surface area contributed by atoms with Crippen molar-refractivity contribution in [3.05, 3.63) is 48.8 Å². The first-order chi connectivity index (χ1) is 12.1. The number of carbonyl (C=O) groups is 1. The highest BCUT2D eigenvalue weighted by atomic mass is 16.3. The van der Waals surface area contributed by atoms with E-state index in [-0.39, 0.29) is 23.5 Å². The molecule has 2 heterocycles. The molecule has 2 N–H and O–H groups in total. The van der Waals surface area contributed by atoms with Crippen LogP contribution in [0.1, 0.15) is 31.2 Å². The Kier molecular flexibility index (Phi) is 4.29. The number of amides is 1. The number of carbonyl (C=O) groups excluding carboxylic acids is 1. The van der Waals surface area contributed by atoms with E-state index in [1.165, 1.54) is 5.56 Å². The minimum atomic E-state index is -0.292. The number of hydrogen-bond acceptors (Lipinski definition) is 4. The zero-order chi connectivity index (χ0) is 17.3. The van der Waals surface area contributed by atoms with Crippen LogP contribution in [0.25, 0.3) is 0 Å². The third kappa shape index (κ3) is 3.58. The van der Waals surface area contributed by atoms with Gasteiger partial charge in [-0.15, -0.1) is 0 Å². The first-order valence-electron chi connectivity index (χ1n) is 8.98. The Morgan fingerprint density at radius 3 is 2.64 bits per heavy atom. The van der Waals surface area contributed by atoms with Crippen molar-refractivity contribution in [1.29, 1.82) is 0 Å². The summed E-state index contributed by atoms with van der Waals surface area (Å²) < 4.78 is 1.98. The molecule has 132 valence electrons. The normalized spacial score (nSPS) is 25.0. The van der Waals surface area contributed by atoms with Crippen LogP contribution in [0.15, 0.2) is 43.2 Å². The lowest BCUT2D eigenvalue weighted by Crippen LogP contribution is -2.50. The van der Waals surface area contributed by atoms with Gasteiger partial charge in [-0.1, -0.05) is 0 Å². The standard InChI is InChI=1S/C19H24N4O2/c24-16-10-15(11-16)17(9-14-1-5-20-6-2-14)22-18(25)19(3-4-19)12-23-8-7-21-13-23/h1-2,5-8,13,15-17,24H,3-4,9-12H2,(H,22,25)/t15?,16?,17-/m0/s1. The highest BCUT2D eigenvalue weighted by Crippen LogP contribution is 2.47. The monoisotopic (exact) mass is 340 g/mol. The fourth-order valence-electron chi connectivity index (χ4n) is 3.73. The van der Waals surface area contributed by atoms with Crippen molar-refractivity contribution in [3.63, 3.8) is 0 Å². The van der Waals surface area contributed by atoms with Crippen LogP contribution in [-0.2, 0) is 17.8 Å². The molecule has 0 unspecified atom stereocenters. The second kappa shape index (κ2) is 6.59. The zero-order valence-electron chi connectivity index (χ0n) is 14.2. The largest absolute Gasteiger partial charge is 0.393 e. The van der Waals surface area contributed by atoms with Crippen molar-refractivity contribution in [2.24, 2.45) is 11.3 Å². The van der Waals surface area contributed by atoms with Crippen LogP contribution in [-0.4, -0.2) is 37.7 Å². The number of nitrogens with zero attached hydrogens (tertiary/aromatic N) is 3. The summed E-state index contributed by atoms with van der Waals surface area (Å²) in [6.45, 7) is 0.689. The summed E-state index contributed by atoms with van der Waals surface area (Å²) in [5.74, 6) is 0.484. The van der Waals surface area contributed by atoms with Crippen molar-refractivity contribution >= 4 is 5.91 Å². The van der Waals surface area contributed by atoms with Crippen LogP contribution < -0.4 is 5.32 Å². The first kappa shape index (κ1) is 16.3. The second-order valence-electron chi connectivity index (χ2n) is 7.54. The molecule has 1 amide bonds. The smallest absolute Gasteiger partial charge is 0.228 e. The van der Waals surface area contributed by atoms with Gasteiger partial charge in [0.05, 0.1) is 17.8 Å². The Morgan fingerprint density at radius 1 is 1.28 bits per heavy atom. The molecule has 0 bridgehead atoms. The summed E-state index contributed by atoms with van der Waals surface area (Å²) in [5, 5.41) is 13.0. The van der Waals surface area contributed by atoms with E-state index in [0.717, 1.165) is 32.1 Å². The Hall–Kier alpha value is -2.21. The average Bonchev–Trinajstić information content (AvgIpc) is 3.19. The molecule has 2 aromatic rings. The molecular formula is C19H24N4O2. The summed E-state index contributed by atoms with van der Waals surface area (Å²) >= 11 is 0. The predicted octanol–water partition coefficient (Wildman–Crippen LogP) is 1.56. The highest BCUT2D eigenvalue weighted by molar-refractivity contribution is 5.85. The van der Waals surface area contributed by atoms with Crippen LogP contribution in [0.2, 0.25) is 0 Å². The van der Waals surface area contributed by atoms with Gasteiger partial charge in [-0.3, -0.25) is 9.78 Å². The summed E-state index contributed by atoms with van der Waals surface area (Å²) in [7, 11) is 0. The van der Waals surface area contributed by atoms with E-state index in [0.29, 0.717) is 12.5 Å². The quantitative estimate of drug-likeness (QED) is 0.801. The molecule has 2 aliphatic rings. The predicted molar refractivity (Wildman–Crippen MR) is 92.5 cm³/mol. The Bertz CT molecular complexity index is 706. The molecule has 0 aromatic carbocycles. The molecule has 2 saturated carbocycles. The number of aromatic nitrogens is 3. The van der Waals surface area contributed by atoms with Gasteiger partial charge in [0.15, 0.2) is 0 Å². The van der Waals surface area contributed by atoms with Gasteiger partial charge in [0.2, 0.25) is 5.91 Å².